The molecule has 46 valence electrons. The zero-order valence-electron chi connectivity index (χ0n) is 4.76. The largest absolute Gasteiger partial charge is 0.380 e. The van der Waals surface area contributed by atoms with Crippen LogP contribution in [0.25, 0.3) is 0 Å². The van der Waals surface area contributed by atoms with E-state index in [9.17, 15) is 0 Å². The lowest BCUT2D eigenvalue weighted by atomic mass is 9.67. The molecule has 1 nitrogen and oxygen atoms in total. The molecule has 2 heteroatoms. The van der Waals surface area contributed by atoms with Crippen molar-refractivity contribution < 1.29 is 4.74 Å². The van der Waals surface area contributed by atoms with E-state index < -0.39 is 0 Å². The Bertz CT molecular complexity index is 101. The van der Waals surface area contributed by atoms with Gasteiger partial charge in [0.05, 0.1) is 13.2 Å². The van der Waals surface area contributed by atoms with Crippen LogP contribution in [0, 0.1) is 5.41 Å². The lowest BCUT2D eigenvalue weighted by molar-refractivity contribution is -0.152. The average Bonchev–Trinajstić information content (AvgIpc) is 1.51. The summed E-state index contributed by atoms with van der Waals surface area (Å²) in [4.78, 5) is 0. The number of hydrogen-bond acceptors (Lipinski definition) is 2. The van der Waals surface area contributed by atoms with Gasteiger partial charge in [-0.15, -0.1) is 0 Å². The fourth-order valence-corrected chi connectivity index (χ4v) is 2.34. The summed E-state index contributed by atoms with van der Waals surface area (Å²) in [6, 6.07) is 0. The molecule has 0 aromatic carbocycles. The zero-order chi connectivity index (χ0) is 5.61. The van der Waals surface area contributed by atoms with E-state index in [-0.39, 0.29) is 0 Å². The fraction of sp³-hybridized carbons (Fsp3) is 1.00. The maximum absolute atomic E-state index is 5.09. The average molecular weight is 130 g/mol. The highest BCUT2D eigenvalue weighted by Gasteiger charge is 2.48. The second-order valence-electron chi connectivity index (χ2n) is 3.05. The molecule has 1 saturated heterocycles. The first kappa shape index (κ1) is 5.12. The quantitative estimate of drug-likeness (QED) is 0.483. The minimum atomic E-state index is 0.617. The first-order chi connectivity index (χ1) is 3.81. The van der Waals surface area contributed by atoms with Crippen LogP contribution < -0.4 is 0 Å². The molecule has 0 aromatic heterocycles. The molecule has 0 radical (unpaired) electrons. The lowest BCUT2D eigenvalue weighted by Crippen LogP contribution is -2.52. The van der Waals surface area contributed by atoms with Crippen molar-refractivity contribution in [3.63, 3.8) is 0 Å². The molecule has 8 heavy (non-hydrogen) atoms. The van der Waals surface area contributed by atoms with Gasteiger partial charge in [-0.3, -0.25) is 0 Å². The Balaban J connectivity index is 1.92. The highest BCUT2D eigenvalue weighted by molar-refractivity contribution is 7.81. The van der Waals surface area contributed by atoms with Gasteiger partial charge < -0.3 is 4.74 Å². The first-order valence-corrected chi connectivity index (χ1v) is 3.58. The van der Waals surface area contributed by atoms with Crippen LogP contribution in [0.15, 0.2) is 0 Å². The zero-order valence-corrected chi connectivity index (χ0v) is 5.66. The van der Waals surface area contributed by atoms with Crippen molar-refractivity contribution in [1.82, 2.24) is 0 Å². The number of hydrogen-bond donors (Lipinski definition) is 1. The van der Waals surface area contributed by atoms with Crippen LogP contribution in [0.5, 0.6) is 0 Å². The summed E-state index contributed by atoms with van der Waals surface area (Å²) in [6.07, 6.45) is 2.58. The number of ether oxygens (including phenoxy) is 1. The van der Waals surface area contributed by atoms with Crippen LogP contribution in [0.2, 0.25) is 0 Å². The van der Waals surface area contributed by atoms with Gasteiger partial charge >= 0.3 is 0 Å². The maximum atomic E-state index is 5.09. The summed E-state index contributed by atoms with van der Waals surface area (Å²) in [5.41, 5.74) is 0.617. The van der Waals surface area contributed by atoms with Crippen LogP contribution in [-0.4, -0.2) is 18.5 Å². The topological polar surface area (TPSA) is 9.23 Å². The van der Waals surface area contributed by atoms with Gasteiger partial charge in [-0.2, -0.15) is 12.6 Å². The molecular formula is C6H10OS. The Labute approximate surface area is 54.8 Å². The monoisotopic (exact) mass is 130 g/mol. The molecule has 1 aliphatic heterocycles. The maximum Gasteiger partial charge on any atom is 0.0545 e. The van der Waals surface area contributed by atoms with Gasteiger partial charge in [0.25, 0.3) is 0 Å². The van der Waals surface area contributed by atoms with Gasteiger partial charge in [-0.1, -0.05) is 0 Å². The summed E-state index contributed by atoms with van der Waals surface area (Å²) in [5.74, 6) is 0. The smallest absolute Gasteiger partial charge is 0.0545 e. The molecule has 2 rings (SSSR count). The first-order valence-electron chi connectivity index (χ1n) is 3.07. The Hall–Kier alpha value is 0.310. The lowest BCUT2D eigenvalue weighted by Gasteiger charge is -2.51. The van der Waals surface area contributed by atoms with E-state index in [2.05, 4.69) is 12.6 Å². The van der Waals surface area contributed by atoms with Crippen molar-refractivity contribution in [3.8, 4) is 0 Å². The Morgan fingerprint density at radius 3 is 2.12 bits per heavy atom. The van der Waals surface area contributed by atoms with Crippen molar-refractivity contribution in [1.29, 1.82) is 0 Å². The molecule has 0 amide bonds. The van der Waals surface area contributed by atoms with Crippen LogP contribution in [0.3, 0.4) is 0 Å². The summed E-state index contributed by atoms with van der Waals surface area (Å²) in [6.45, 7) is 2.01. The molecule has 1 spiro atoms. The molecule has 1 heterocycles. The molecule has 2 fully saturated rings. The molecule has 2 aliphatic rings. The van der Waals surface area contributed by atoms with Crippen LogP contribution in [0.1, 0.15) is 12.8 Å². The van der Waals surface area contributed by atoms with Crippen molar-refractivity contribution in [2.45, 2.75) is 18.1 Å². The third-order valence-corrected chi connectivity index (χ3v) is 2.52. The van der Waals surface area contributed by atoms with E-state index in [1.54, 1.807) is 0 Å². The van der Waals surface area contributed by atoms with Gasteiger partial charge in [0.2, 0.25) is 0 Å². The molecule has 0 bridgehead atoms. The van der Waals surface area contributed by atoms with Gasteiger partial charge in [-0.25, -0.2) is 0 Å². The second kappa shape index (κ2) is 1.42. The normalized spacial score (nSPS) is 34.1. The van der Waals surface area contributed by atoms with Gasteiger partial charge in [0.1, 0.15) is 0 Å². The van der Waals surface area contributed by atoms with E-state index >= 15 is 0 Å². The van der Waals surface area contributed by atoms with E-state index in [4.69, 9.17) is 4.74 Å². The highest BCUT2D eigenvalue weighted by atomic mass is 32.1. The van der Waals surface area contributed by atoms with Crippen LogP contribution in [-0.2, 0) is 4.74 Å². The third kappa shape index (κ3) is 0.531. The summed E-state index contributed by atoms with van der Waals surface area (Å²) in [5, 5.41) is 0.680. The molecule has 0 unspecified atom stereocenters. The fourth-order valence-electron chi connectivity index (χ4n) is 1.57. The van der Waals surface area contributed by atoms with Crippen LogP contribution in [0.4, 0.5) is 0 Å². The number of thiol groups is 1. The standard InChI is InChI=1S/C6H10OS/c8-5-1-6(2-5)3-7-4-6/h5,8H,1-4H2. The summed E-state index contributed by atoms with van der Waals surface area (Å²) < 4.78 is 5.09. The van der Waals surface area contributed by atoms with Crippen molar-refractivity contribution >= 4 is 12.6 Å². The Kier molecular flexibility index (Phi) is 0.910. The Morgan fingerprint density at radius 1 is 1.38 bits per heavy atom. The van der Waals surface area contributed by atoms with Crippen LogP contribution >= 0.6 is 12.6 Å². The van der Waals surface area contributed by atoms with E-state index in [0.717, 1.165) is 13.2 Å². The molecule has 1 saturated carbocycles. The predicted octanol–water partition coefficient (Wildman–Crippen LogP) is 1.10. The van der Waals surface area contributed by atoms with Gasteiger partial charge in [-0.05, 0) is 12.8 Å². The minimum absolute atomic E-state index is 0.617. The summed E-state index contributed by atoms with van der Waals surface area (Å²) in [7, 11) is 0. The molecule has 0 N–H and O–H groups in total. The van der Waals surface area contributed by atoms with Crippen molar-refractivity contribution in [2.75, 3.05) is 13.2 Å². The minimum Gasteiger partial charge on any atom is -0.380 e. The Morgan fingerprint density at radius 2 is 2.00 bits per heavy atom. The molecule has 1 aliphatic carbocycles. The van der Waals surface area contributed by atoms with E-state index in [1.165, 1.54) is 12.8 Å². The van der Waals surface area contributed by atoms with E-state index in [0.29, 0.717) is 10.7 Å². The molecule has 0 aromatic rings. The molecular weight excluding hydrogens is 120 g/mol. The summed E-state index contributed by atoms with van der Waals surface area (Å²) >= 11 is 4.33. The second-order valence-corrected chi connectivity index (χ2v) is 3.79. The number of rotatable bonds is 0. The highest BCUT2D eigenvalue weighted by Crippen LogP contribution is 2.48. The van der Waals surface area contributed by atoms with Crippen molar-refractivity contribution in [3.05, 3.63) is 0 Å². The molecule has 0 atom stereocenters. The third-order valence-electron chi connectivity index (χ3n) is 2.15. The SMILES string of the molecule is SC1CC2(COC2)C1. The van der Waals surface area contributed by atoms with Crippen molar-refractivity contribution in [2.24, 2.45) is 5.41 Å². The van der Waals surface area contributed by atoms with Gasteiger partial charge in [0, 0.05) is 10.7 Å². The predicted molar refractivity (Wildman–Crippen MR) is 35.3 cm³/mol. The van der Waals surface area contributed by atoms with E-state index in [1.807, 2.05) is 0 Å². The van der Waals surface area contributed by atoms with Gasteiger partial charge in [0.15, 0.2) is 0 Å².